The van der Waals surface area contributed by atoms with Gasteiger partial charge in [0.05, 0.1) is 25.9 Å². The highest BCUT2D eigenvalue weighted by Crippen LogP contribution is 2.31. The van der Waals surface area contributed by atoms with Crippen LogP contribution in [0.1, 0.15) is 17.0 Å². The maximum Gasteiger partial charge on any atom is 0.232 e. The highest BCUT2D eigenvalue weighted by atomic mass is 16.5. The number of nitriles is 1. The molecule has 0 aliphatic carbocycles. The summed E-state index contributed by atoms with van der Waals surface area (Å²) < 4.78 is 10.8. The van der Waals surface area contributed by atoms with E-state index in [1.54, 1.807) is 38.5 Å². The predicted octanol–water partition coefficient (Wildman–Crippen LogP) is 2.68. The zero-order valence-corrected chi connectivity index (χ0v) is 14.9. The van der Waals surface area contributed by atoms with Crippen molar-refractivity contribution in [2.45, 2.75) is 6.42 Å². The van der Waals surface area contributed by atoms with E-state index in [9.17, 15) is 0 Å². The van der Waals surface area contributed by atoms with E-state index in [1.165, 1.54) is 0 Å². The van der Waals surface area contributed by atoms with Crippen molar-refractivity contribution >= 4 is 17.6 Å². The number of methoxy groups -OCH3 is 2. The maximum absolute atomic E-state index is 8.87. The maximum atomic E-state index is 8.87. The van der Waals surface area contributed by atoms with Crippen LogP contribution in [0.4, 0.5) is 17.6 Å². The third-order valence-electron chi connectivity index (χ3n) is 3.80. The zero-order valence-electron chi connectivity index (χ0n) is 14.9. The van der Waals surface area contributed by atoms with Crippen molar-refractivity contribution in [3.8, 4) is 17.6 Å². The lowest BCUT2D eigenvalue weighted by Crippen LogP contribution is -2.08. The second kappa shape index (κ2) is 8.01. The molecule has 0 saturated carbocycles. The highest BCUT2D eigenvalue weighted by Gasteiger charge is 2.13. The Morgan fingerprint density at radius 1 is 1.04 bits per heavy atom. The fraction of sp³-hybridized carbons (Fsp3) is 0.158. The smallest absolute Gasteiger partial charge is 0.232 e. The lowest BCUT2D eigenvalue weighted by atomic mass is 10.1. The van der Waals surface area contributed by atoms with E-state index in [1.807, 2.05) is 18.2 Å². The van der Waals surface area contributed by atoms with Crippen LogP contribution in [0.5, 0.6) is 11.5 Å². The summed E-state index contributed by atoms with van der Waals surface area (Å²) in [5.74, 6) is 2.18. The number of aromatic nitrogens is 3. The van der Waals surface area contributed by atoms with E-state index in [4.69, 9.17) is 20.5 Å². The number of nitrogen functional groups attached to an aromatic ring is 1. The number of anilines is 3. The Balaban J connectivity index is 1.86. The van der Waals surface area contributed by atoms with Gasteiger partial charge in [0, 0.05) is 17.7 Å². The van der Waals surface area contributed by atoms with Crippen LogP contribution < -0.4 is 20.5 Å². The van der Waals surface area contributed by atoms with Crippen LogP contribution in [0.2, 0.25) is 0 Å². The molecule has 0 fully saturated rings. The number of hydrogen-bond acceptors (Lipinski definition) is 8. The molecule has 3 N–H and O–H groups in total. The van der Waals surface area contributed by atoms with Gasteiger partial charge in [0.15, 0.2) is 11.5 Å². The van der Waals surface area contributed by atoms with Crippen molar-refractivity contribution < 1.29 is 9.47 Å². The Morgan fingerprint density at radius 2 is 1.81 bits per heavy atom. The molecule has 0 aliphatic rings. The van der Waals surface area contributed by atoms with Crippen LogP contribution in [0.3, 0.4) is 0 Å². The molecule has 3 rings (SSSR count). The number of nitrogens with zero attached hydrogens (tertiary/aromatic N) is 4. The lowest BCUT2D eigenvalue weighted by Gasteiger charge is -2.12. The number of nitrogens with one attached hydrogen (secondary N) is 1. The predicted molar refractivity (Wildman–Crippen MR) is 101 cm³/mol. The molecule has 136 valence electrons. The van der Waals surface area contributed by atoms with Gasteiger partial charge >= 0.3 is 0 Å². The van der Waals surface area contributed by atoms with Crippen molar-refractivity contribution in [3.63, 3.8) is 0 Å². The Hall–Kier alpha value is -3.86. The molecule has 27 heavy (non-hydrogen) atoms. The summed E-state index contributed by atoms with van der Waals surface area (Å²) in [4.78, 5) is 12.7. The number of hydrogen-bond donors (Lipinski definition) is 2. The SMILES string of the molecule is COc1cccc(Cc2nc(N)nc(Nc3ccc(C#N)cc3)n2)c1OC. The standard InChI is InChI=1S/C19H18N6O2/c1-26-15-5-3-4-13(17(15)27-2)10-16-23-18(21)25-19(24-16)22-14-8-6-12(11-20)7-9-14/h3-9H,10H2,1-2H3,(H3,21,22,23,24,25). The molecule has 0 aliphatic heterocycles. The fourth-order valence-corrected chi connectivity index (χ4v) is 2.59. The molecule has 2 aromatic carbocycles. The molecule has 3 aromatic rings. The van der Waals surface area contributed by atoms with Gasteiger partial charge in [-0.1, -0.05) is 12.1 Å². The fourth-order valence-electron chi connectivity index (χ4n) is 2.59. The summed E-state index contributed by atoms with van der Waals surface area (Å²) in [5, 5.41) is 11.9. The summed E-state index contributed by atoms with van der Waals surface area (Å²) in [6, 6.07) is 14.6. The summed E-state index contributed by atoms with van der Waals surface area (Å²) >= 11 is 0. The van der Waals surface area contributed by atoms with Crippen molar-refractivity contribution in [2.24, 2.45) is 0 Å². The van der Waals surface area contributed by atoms with E-state index in [-0.39, 0.29) is 5.95 Å². The summed E-state index contributed by atoms with van der Waals surface area (Å²) in [6.07, 6.45) is 0.398. The van der Waals surface area contributed by atoms with Gasteiger partial charge in [-0.25, -0.2) is 0 Å². The van der Waals surface area contributed by atoms with Crippen LogP contribution in [-0.2, 0) is 6.42 Å². The van der Waals surface area contributed by atoms with Crippen molar-refractivity contribution in [1.29, 1.82) is 5.26 Å². The second-order valence-corrected chi connectivity index (χ2v) is 5.58. The number of benzene rings is 2. The molecule has 8 nitrogen and oxygen atoms in total. The summed E-state index contributed by atoms with van der Waals surface area (Å²) in [6.45, 7) is 0. The van der Waals surface area contributed by atoms with Gasteiger partial charge in [-0.3, -0.25) is 0 Å². The Morgan fingerprint density at radius 3 is 2.48 bits per heavy atom. The molecule has 0 bridgehead atoms. The van der Waals surface area contributed by atoms with Gasteiger partial charge in [0.1, 0.15) is 5.82 Å². The molecule has 1 aromatic heterocycles. The quantitative estimate of drug-likeness (QED) is 0.687. The number of rotatable bonds is 6. The zero-order chi connectivity index (χ0) is 19.2. The van der Waals surface area contributed by atoms with Gasteiger partial charge < -0.3 is 20.5 Å². The van der Waals surface area contributed by atoms with Crippen LogP contribution in [-0.4, -0.2) is 29.2 Å². The molecule has 0 spiro atoms. The minimum absolute atomic E-state index is 0.109. The third-order valence-corrected chi connectivity index (χ3v) is 3.80. The molecule has 8 heteroatoms. The molecule has 0 atom stereocenters. The number of ether oxygens (including phenoxy) is 2. The molecule has 1 heterocycles. The topological polar surface area (TPSA) is 119 Å². The van der Waals surface area contributed by atoms with Gasteiger partial charge in [0.25, 0.3) is 0 Å². The first-order valence-electron chi connectivity index (χ1n) is 8.10. The Kier molecular flexibility index (Phi) is 5.33. The molecular weight excluding hydrogens is 344 g/mol. The van der Waals surface area contributed by atoms with Crippen LogP contribution in [0, 0.1) is 11.3 Å². The minimum atomic E-state index is 0.109. The van der Waals surface area contributed by atoms with Gasteiger partial charge in [-0.2, -0.15) is 20.2 Å². The van der Waals surface area contributed by atoms with Crippen LogP contribution in [0.25, 0.3) is 0 Å². The Labute approximate surface area is 156 Å². The molecule has 0 unspecified atom stereocenters. The van der Waals surface area contributed by atoms with E-state index in [0.717, 1.165) is 11.3 Å². The summed E-state index contributed by atoms with van der Waals surface area (Å²) in [7, 11) is 3.17. The van der Waals surface area contributed by atoms with Gasteiger partial charge in [-0.15, -0.1) is 0 Å². The molecule has 0 saturated heterocycles. The average molecular weight is 362 g/mol. The van der Waals surface area contributed by atoms with Crippen molar-refractivity contribution in [3.05, 3.63) is 59.4 Å². The van der Waals surface area contributed by atoms with Crippen LogP contribution >= 0.6 is 0 Å². The number of nitrogens with two attached hydrogens (primary N) is 1. The number of para-hydroxylation sites is 1. The second-order valence-electron chi connectivity index (χ2n) is 5.58. The molecule has 0 amide bonds. The third kappa shape index (κ3) is 4.22. The van der Waals surface area contributed by atoms with E-state index < -0.39 is 0 Å². The average Bonchev–Trinajstić information content (AvgIpc) is 2.68. The largest absolute Gasteiger partial charge is 0.493 e. The van der Waals surface area contributed by atoms with Crippen molar-refractivity contribution in [2.75, 3.05) is 25.3 Å². The van der Waals surface area contributed by atoms with Gasteiger partial charge in [-0.05, 0) is 30.3 Å². The first kappa shape index (κ1) is 17.9. The van der Waals surface area contributed by atoms with E-state index in [2.05, 4.69) is 26.3 Å². The first-order chi connectivity index (χ1) is 13.1. The van der Waals surface area contributed by atoms with Crippen LogP contribution in [0.15, 0.2) is 42.5 Å². The lowest BCUT2D eigenvalue weighted by molar-refractivity contribution is 0.352. The summed E-state index contributed by atoms with van der Waals surface area (Å²) in [5.41, 5.74) is 8.02. The minimum Gasteiger partial charge on any atom is -0.493 e. The van der Waals surface area contributed by atoms with E-state index >= 15 is 0 Å². The normalized spacial score (nSPS) is 10.1. The molecule has 0 radical (unpaired) electrons. The first-order valence-corrected chi connectivity index (χ1v) is 8.10. The van der Waals surface area contributed by atoms with Crippen molar-refractivity contribution in [1.82, 2.24) is 15.0 Å². The monoisotopic (exact) mass is 362 g/mol. The molecular formula is C19H18N6O2. The van der Waals surface area contributed by atoms with Gasteiger partial charge in [0.2, 0.25) is 11.9 Å². The van der Waals surface area contributed by atoms with E-state index in [0.29, 0.717) is 35.3 Å². The highest BCUT2D eigenvalue weighted by molar-refractivity contribution is 5.55. The Bertz CT molecular complexity index is 982.